The van der Waals surface area contributed by atoms with Crippen LogP contribution in [0.4, 0.5) is 5.69 Å². The van der Waals surface area contributed by atoms with E-state index in [9.17, 15) is 4.79 Å². The molecule has 1 aliphatic rings. The van der Waals surface area contributed by atoms with Gasteiger partial charge in [-0.05, 0) is 78.4 Å². The van der Waals surface area contributed by atoms with Crippen molar-refractivity contribution in [1.82, 2.24) is 5.32 Å². The van der Waals surface area contributed by atoms with Gasteiger partial charge in [-0.25, -0.2) is 0 Å². The molecule has 0 aromatic heterocycles. The molecule has 31 heavy (non-hydrogen) atoms. The summed E-state index contributed by atoms with van der Waals surface area (Å²) in [5.41, 5.74) is 17.8. The van der Waals surface area contributed by atoms with Crippen molar-refractivity contribution in [3.8, 4) is 0 Å². The molecule has 0 spiro atoms. The monoisotopic (exact) mass is 428 g/mol. The van der Waals surface area contributed by atoms with Crippen molar-refractivity contribution in [2.24, 2.45) is 0 Å². The van der Waals surface area contributed by atoms with Crippen LogP contribution in [-0.4, -0.2) is 12.5 Å². The van der Waals surface area contributed by atoms with Crippen LogP contribution in [-0.2, 0) is 11.2 Å². The predicted molar refractivity (Wildman–Crippen MR) is 129 cm³/mol. The van der Waals surface area contributed by atoms with Crippen molar-refractivity contribution in [2.45, 2.75) is 18.9 Å². The molecule has 3 rings (SSSR count). The summed E-state index contributed by atoms with van der Waals surface area (Å²) in [6, 6.07) is 15.6. The molecule has 1 aliphatic heterocycles. The van der Waals surface area contributed by atoms with E-state index in [1.54, 1.807) is 12.1 Å². The molecule has 1 atom stereocenters. The molecule has 2 aromatic carbocycles. The van der Waals surface area contributed by atoms with Crippen molar-refractivity contribution in [3.63, 3.8) is 0 Å². The summed E-state index contributed by atoms with van der Waals surface area (Å²) in [6.07, 6.45) is 1.44. The third-order valence-electron chi connectivity index (χ3n) is 4.08. The molecule has 0 fully saturated rings. The van der Waals surface area contributed by atoms with Crippen molar-refractivity contribution in [3.05, 3.63) is 125 Å². The third kappa shape index (κ3) is 9.58. The summed E-state index contributed by atoms with van der Waals surface area (Å²) in [5, 5.41) is 6.93. The summed E-state index contributed by atoms with van der Waals surface area (Å²) >= 11 is 5.92. The second-order valence-electron chi connectivity index (χ2n) is 6.07. The van der Waals surface area contributed by atoms with E-state index in [-0.39, 0.29) is 11.9 Å². The van der Waals surface area contributed by atoms with Gasteiger partial charge in [-0.1, -0.05) is 53.4 Å². The maximum atomic E-state index is 12.2. The Bertz CT molecular complexity index is 1070. The fourth-order valence-corrected chi connectivity index (χ4v) is 3.08. The fraction of sp³-hybridized carbons (Fsp3) is 0.148. The third-order valence-corrected chi connectivity index (χ3v) is 4.31. The molecule has 0 saturated heterocycles. The zero-order valence-electron chi connectivity index (χ0n) is 17.4. The minimum atomic E-state index is -0.00790. The van der Waals surface area contributed by atoms with Crippen LogP contribution in [0.1, 0.15) is 23.6 Å². The number of hydrogen-bond acceptors (Lipinski definition) is 2. The van der Waals surface area contributed by atoms with E-state index in [0.717, 1.165) is 18.7 Å². The molecule has 3 nitrogen and oxygen atoms in total. The Labute approximate surface area is 189 Å². The van der Waals surface area contributed by atoms with Crippen molar-refractivity contribution < 1.29 is 4.79 Å². The fourth-order valence-electron chi connectivity index (χ4n) is 2.89. The number of nitrogens with one attached hydrogen (secondary N) is 2. The quantitative estimate of drug-likeness (QED) is 0.458. The van der Waals surface area contributed by atoms with Gasteiger partial charge in [-0.3, -0.25) is 4.79 Å². The second kappa shape index (κ2) is 15.2. The van der Waals surface area contributed by atoms with Crippen LogP contribution < -0.4 is 10.6 Å². The van der Waals surface area contributed by atoms with Gasteiger partial charge in [0.1, 0.15) is 0 Å². The first-order chi connectivity index (χ1) is 15.1. The Balaban J connectivity index is 0.000000409. The van der Waals surface area contributed by atoms with Crippen LogP contribution in [0.15, 0.2) is 109 Å². The van der Waals surface area contributed by atoms with E-state index in [1.807, 2.05) is 24.3 Å². The molecule has 0 saturated carbocycles. The van der Waals surface area contributed by atoms with Gasteiger partial charge in [0, 0.05) is 23.2 Å². The highest BCUT2D eigenvalue weighted by Crippen LogP contribution is 2.25. The van der Waals surface area contributed by atoms with Gasteiger partial charge in [0.2, 0.25) is 5.91 Å². The molecule has 2 N–H and O–H groups in total. The number of benzene rings is 2. The van der Waals surface area contributed by atoms with Gasteiger partial charge in [-0.15, -0.1) is 13.2 Å². The second-order valence-corrected chi connectivity index (χ2v) is 6.51. The van der Waals surface area contributed by atoms with Crippen molar-refractivity contribution in [1.29, 1.82) is 0 Å². The Hall–Kier alpha value is -3.68. The van der Waals surface area contributed by atoms with E-state index in [4.69, 9.17) is 11.6 Å². The van der Waals surface area contributed by atoms with Crippen LogP contribution >= 0.6 is 11.6 Å². The highest BCUT2D eigenvalue weighted by atomic mass is 35.5. The lowest BCUT2D eigenvalue weighted by Gasteiger charge is -2.26. The predicted octanol–water partition coefficient (Wildman–Crippen LogP) is 6.09. The molecule has 2 aromatic rings. The molecule has 0 radical (unpaired) electrons. The molecule has 0 aliphatic carbocycles. The average Bonchev–Trinajstić information content (AvgIpc) is 2.79. The molecule has 1 amide bonds. The topological polar surface area (TPSA) is 41.1 Å². The minimum Gasteiger partial charge on any atom is -0.326 e. The average molecular weight is 429 g/mol. The highest BCUT2D eigenvalue weighted by molar-refractivity contribution is 6.30. The number of carbonyl (C=O) groups excluding carboxylic acids is 1. The lowest BCUT2D eigenvalue weighted by Crippen LogP contribution is -2.32. The lowest BCUT2D eigenvalue weighted by molar-refractivity contribution is -0.116. The number of rotatable bonds is 3. The van der Waals surface area contributed by atoms with Crippen molar-refractivity contribution in [2.75, 3.05) is 11.9 Å². The zero-order chi connectivity index (χ0) is 22.9. The summed E-state index contributed by atoms with van der Waals surface area (Å²) in [4.78, 5) is 12.2. The summed E-state index contributed by atoms with van der Waals surface area (Å²) in [5.74, 6) is -0.00790. The summed E-state index contributed by atoms with van der Waals surface area (Å²) in [7, 11) is 0. The zero-order valence-corrected chi connectivity index (χ0v) is 18.2. The standard InChI is InChI=1S/C17H17ClN2O.C8H4.C2H4/c18-13-5-3-6-14(10-13)20-17(21)11-16-15-7-2-1-4-12(15)8-9-19-16;1-3-5-7-8-6-4-2;1-2/h1-7,10,16,19H,8-9,11H2,(H,20,21);1-2H2;1-2H2. The van der Waals surface area contributed by atoms with Gasteiger partial charge >= 0.3 is 0 Å². The van der Waals surface area contributed by atoms with Crippen LogP contribution in [0.3, 0.4) is 0 Å². The van der Waals surface area contributed by atoms with Crippen LogP contribution in [0.5, 0.6) is 0 Å². The highest BCUT2D eigenvalue weighted by Gasteiger charge is 2.21. The first-order valence-corrected chi connectivity index (χ1v) is 9.92. The Kier molecular flexibility index (Phi) is 12.4. The maximum Gasteiger partial charge on any atom is 0.226 e. The number of halogens is 1. The molecule has 0 bridgehead atoms. The first kappa shape index (κ1) is 25.4. The lowest BCUT2D eigenvalue weighted by atomic mass is 9.92. The molecule has 156 valence electrons. The van der Waals surface area contributed by atoms with Crippen LogP contribution in [0.2, 0.25) is 5.02 Å². The molecular weight excluding hydrogens is 404 g/mol. The first-order valence-electron chi connectivity index (χ1n) is 9.55. The van der Waals surface area contributed by atoms with Gasteiger partial charge in [0.05, 0.1) is 0 Å². The maximum absolute atomic E-state index is 12.2. The number of hydrogen-bond donors (Lipinski definition) is 2. The van der Waals surface area contributed by atoms with Crippen LogP contribution in [0.25, 0.3) is 0 Å². The van der Waals surface area contributed by atoms with Gasteiger partial charge in [0.25, 0.3) is 0 Å². The van der Waals surface area contributed by atoms with E-state index >= 15 is 0 Å². The summed E-state index contributed by atoms with van der Waals surface area (Å²) < 4.78 is 0. The van der Waals surface area contributed by atoms with E-state index in [0.29, 0.717) is 11.4 Å². The van der Waals surface area contributed by atoms with Gasteiger partial charge < -0.3 is 10.6 Å². The normalized spacial score (nSPS) is 12.6. The molecular formula is C27H25ClN2O. The van der Waals surface area contributed by atoms with Crippen LogP contribution in [0, 0.1) is 0 Å². The Morgan fingerprint density at radius 1 is 1.03 bits per heavy atom. The van der Waals surface area contributed by atoms with E-state index < -0.39 is 0 Å². The number of amides is 1. The number of fused-ring (bicyclic) bond motifs is 1. The Morgan fingerprint density at radius 2 is 1.71 bits per heavy atom. The van der Waals surface area contributed by atoms with E-state index in [1.165, 1.54) is 11.1 Å². The van der Waals surface area contributed by atoms with Gasteiger partial charge in [-0.2, -0.15) is 0 Å². The number of anilines is 1. The molecule has 4 heteroatoms. The minimum absolute atomic E-state index is 0.00790. The molecule has 1 heterocycles. The number of carbonyl (C=O) groups is 1. The SMILES string of the molecule is C=C.C=C=C=C=C=C=C=C.O=C(CC1NCCc2ccccc21)Nc1cccc(Cl)c1. The molecule has 1 unspecified atom stereocenters. The largest absolute Gasteiger partial charge is 0.326 e. The van der Waals surface area contributed by atoms with Crippen molar-refractivity contribution >= 4 is 23.2 Å². The van der Waals surface area contributed by atoms with E-state index in [2.05, 4.69) is 83.5 Å². The smallest absolute Gasteiger partial charge is 0.226 e. The van der Waals surface area contributed by atoms with Gasteiger partial charge in [0.15, 0.2) is 0 Å². The Morgan fingerprint density at radius 3 is 2.35 bits per heavy atom. The summed E-state index contributed by atoms with van der Waals surface area (Å²) in [6.45, 7) is 13.4.